The third kappa shape index (κ3) is 6.70. The van der Waals surface area contributed by atoms with Crippen LogP contribution in [0.25, 0.3) is 0 Å². The quantitative estimate of drug-likeness (QED) is 0.285. The van der Waals surface area contributed by atoms with Crippen LogP contribution < -0.4 is 20.7 Å². The van der Waals surface area contributed by atoms with Crippen LogP contribution in [0.15, 0.2) is 42.5 Å². The highest BCUT2D eigenvalue weighted by molar-refractivity contribution is 6.36. The minimum absolute atomic E-state index is 0. The number of piperazine rings is 1. The summed E-state index contributed by atoms with van der Waals surface area (Å²) in [6, 6.07) is 11.0. The van der Waals surface area contributed by atoms with Gasteiger partial charge in [0.05, 0.1) is 10.7 Å². The van der Waals surface area contributed by atoms with E-state index in [9.17, 15) is 14.0 Å². The smallest absolute Gasteiger partial charge is 0.253 e. The summed E-state index contributed by atoms with van der Waals surface area (Å²) in [4.78, 5) is 28.1. The van der Waals surface area contributed by atoms with Gasteiger partial charge in [-0.2, -0.15) is 0 Å². The zero-order valence-electron chi connectivity index (χ0n) is 21.4. The molecule has 208 valence electrons. The fourth-order valence-electron chi connectivity index (χ4n) is 4.44. The zero-order chi connectivity index (χ0) is 27.6. The number of hydrogen-bond acceptors (Lipinski definition) is 7. The standard InChI is InChI=1S/C26H27Cl2FN6O3.ClH/c1-14-11-34(12-15(2)31-14)26(37)17-4-6-18(7-5-17)35(13-36)22-10-21(25(30)33-32-22)38-16(3)23-19(27)8-9-20(29)24(23)28;/h4-10,13-16,31H,11-12H2,1-3H3,(H2,30,33);1H/t14-,15+,16?;. The summed E-state index contributed by atoms with van der Waals surface area (Å²) < 4.78 is 19.9. The number of benzene rings is 2. The Hall–Kier alpha value is -3.18. The predicted octanol–water partition coefficient (Wildman–Crippen LogP) is 5.18. The predicted molar refractivity (Wildman–Crippen MR) is 152 cm³/mol. The summed E-state index contributed by atoms with van der Waals surface area (Å²) in [6.07, 6.45) is -0.236. The van der Waals surface area contributed by atoms with Gasteiger partial charge in [-0.15, -0.1) is 22.6 Å². The van der Waals surface area contributed by atoms with Crippen LogP contribution in [0.5, 0.6) is 5.75 Å². The van der Waals surface area contributed by atoms with Crippen molar-refractivity contribution in [3.05, 3.63) is 69.5 Å². The van der Waals surface area contributed by atoms with Crippen molar-refractivity contribution < 1.29 is 18.7 Å². The van der Waals surface area contributed by atoms with Crippen LogP contribution in [0.3, 0.4) is 0 Å². The molecule has 0 radical (unpaired) electrons. The first-order chi connectivity index (χ1) is 18.1. The van der Waals surface area contributed by atoms with Gasteiger partial charge in [-0.1, -0.05) is 23.2 Å². The summed E-state index contributed by atoms with van der Waals surface area (Å²) in [5, 5.41) is 11.4. The van der Waals surface area contributed by atoms with Crippen LogP contribution in [0, 0.1) is 5.82 Å². The van der Waals surface area contributed by atoms with Crippen LogP contribution in [-0.2, 0) is 4.79 Å². The lowest BCUT2D eigenvalue weighted by molar-refractivity contribution is -0.106. The first-order valence-corrected chi connectivity index (χ1v) is 12.7. The number of amides is 2. The molecule has 4 rings (SSSR count). The van der Waals surface area contributed by atoms with E-state index in [1.54, 1.807) is 31.2 Å². The van der Waals surface area contributed by atoms with Crippen molar-refractivity contribution in [2.45, 2.75) is 39.0 Å². The summed E-state index contributed by atoms with van der Waals surface area (Å²) in [5.41, 5.74) is 7.15. The van der Waals surface area contributed by atoms with Gasteiger partial charge in [-0.05, 0) is 57.2 Å². The number of aromatic nitrogens is 2. The molecule has 39 heavy (non-hydrogen) atoms. The Bertz CT molecular complexity index is 1340. The molecule has 13 heteroatoms. The van der Waals surface area contributed by atoms with Gasteiger partial charge in [-0.25, -0.2) is 4.39 Å². The number of anilines is 3. The molecular weight excluding hydrogens is 570 g/mol. The summed E-state index contributed by atoms with van der Waals surface area (Å²) >= 11 is 12.3. The van der Waals surface area contributed by atoms with E-state index in [4.69, 9.17) is 33.7 Å². The van der Waals surface area contributed by atoms with Gasteiger partial charge < -0.3 is 20.7 Å². The van der Waals surface area contributed by atoms with Gasteiger partial charge >= 0.3 is 0 Å². The number of carbonyl (C=O) groups excluding carboxylic acids is 2. The first-order valence-electron chi connectivity index (χ1n) is 11.9. The lowest BCUT2D eigenvalue weighted by atomic mass is 10.1. The molecule has 1 fully saturated rings. The fraction of sp³-hybridized carbons (Fsp3) is 0.308. The van der Waals surface area contributed by atoms with E-state index in [-0.39, 0.29) is 63.4 Å². The van der Waals surface area contributed by atoms with Crippen molar-refractivity contribution in [2.24, 2.45) is 0 Å². The minimum Gasteiger partial charge on any atom is -0.482 e. The number of carbonyl (C=O) groups is 2. The van der Waals surface area contributed by atoms with Crippen molar-refractivity contribution >= 4 is 65.2 Å². The van der Waals surface area contributed by atoms with Crippen molar-refractivity contribution in [3.63, 3.8) is 0 Å². The number of nitrogen functional groups attached to an aromatic ring is 1. The molecule has 3 atom stereocenters. The van der Waals surface area contributed by atoms with Crippen molar-refractivity contribution in [1.29, 1.82) is 0 Å². The lowest BCUT2D eigenvalue weighted by Crippen LogP contribution is -2.55. The number of halogens is 4. The molecule has 1 saturated heterocycles. The second-order valence-electron chi connectivity index (χ2n) is 9.17. The van der Waals surface area contributed by atoms with Gasteiger partial charge in [0, 0.05) is 47.4 Å². The van der Waals surface area contributed by atoms with Crippen molar-refractivity contribution in [1.82, 2.24) is 20.4 Å². The monoisotopic (exact) mass is 596 g/mol. The Morgan fingerprint density at radius 1 is 1.18 bits per heavy atom. The number of rotatable bonds is 7. The van der Waals surface area contributed by atoms with E-state index in [2.05, 4.69) is 15.5 Å². The van der Waals surface area contributed by atoms with Gasteiger partial charge in [0.1, 0.15) is 11.9 Å². The maximum Gasteiger partial charge on any atom is 0.253 e. The molecule has 9 nitrogen and oxygen atoms in total. The number of hydrogen-bond donors (Lipinski definition) is 2. The van der Waals surface area contributed by atoms with E-state index >= 15 is 0 Å². The Labute approximate surface area is 241 Å². The zero-order valence-corrected chi connectivity index (χ0v) is 23.7. The van der Waals surface area contributed by atoms with Crippen LogP contribution in [0.1, 0.15) is 42.8 Å². The fourth-order valence-corrected chi connectivity index (χ4v) is 5.12. The number of nitrogens with two attached hydrogens (primary N) is 1. The molecule has 0 saturated carbocycles. The van der Waals surface area contributed by atoms with Crippen LogP contribution in [-0.4, -0.2) is 52.6 Å². The average molecular weight is 598 g/mol. The third-order valence-corrected chi connectivity index (χ3v) is 6.87. The van der Waals surface area contributed by atoms with E-state index in [0.717, 1.165) is 6.07 Å². The summed E-state index contributed by atoms with van der Waals surface area (Å²) in [6.45, 7) is 6.92. The molecule has 1 aromatic heterocycles. The summed E-state index contributed by atoms with van der Waals surface area (Å²) in [5.74, 6) is -0.550. The second-order valence-corrected chi connectivity index (χ2v) is 9.96. The number of nitrogens with one attached hydrogen (secondary N) is 1. The third-order valence-electron chi connectivity index (χ3n) is 6.15. The molecule has 0 bridgehead atoms. The van der Waals surface area contributed by atoms with Gasteiger partial charge in [-0.3, -0.25) is 14.5 Å². The van der Waals surface area contributed by atoms with Gasteiger partial charge in [0.2, 0.25) is 6.41 Å². The lowest BCUT2D eigenvalue weighted by Gasteiger charge is -2.36. The van der Waals surface area contributed by atoms with Gasteiger partial charge in [0.15, 0.2) is 17.4 Å². The molecule has 0 aliphatic carbocycles. The molecular formula is C26H28Cl3FN6O3. The molecule has 3 aromatic rings. The molecule has 1 aliphatic rings. The van der Waals surface area contributed by atoms with Gasteiger partial charge in [0.25, 0.3) is 5.91 Å². The molecule has 0 spiro atoms. The molecule has 1 aliphatic heterocycles. The van der Waals surface area contributed by atoms with Crippen LogP contribution in [0.2, 0.25) is 10.0 Å². The SMILES string of the molecule is CC(Oc1cc(N(C=O)c2ccc(C(=O)N3C[C@@H](C)N[C@@H](C)C3)cc2)nnc1N)c1c(Cl)ccc(F)c1Cl.Cl. The molecule has 2 amide bonds. The van der Waals surface area contributed by atoms with Crippen LogP contribution in [0.4, 0.5) is 21.7 Å². The topological polar surface area (TPSA) is 114 Å². The molecule has 1 unspecified atom stereocenters. The summed E-state index contributed by atoms with van der Waals surface area (Å²) in [7, 11) is 0. The Balaban J connectivity index is 0.00000420. The number of ether oxygens (including phenoxy) is 1. The Kier molecular flexibility index (Phi) is 9.95. The number of nitrogens with zero attached hydrogens (tertiary/aromatic N) is 4. The molecule has 2 aromatic carbocycles. The van der Waals surface area contributed by atoms with Crippen molar-refractivity contribution in [3.8, 4) is 5.75 Å². The Morgan fingerprint density at radius 3 is 2.44 bits per heavy atom. The largest absolute Gasteiger partial charge is 0.482 e. The van der Waals surface area contributed by atoms with Crippen LogP contribution >= 0.6 is 35.6 Å². The van der Waals surface area contributed by atoms with E-state index < -0.39 is 11.9 Å². The van der Waals surface area contributed by atoms with Crippen molar-refractivity contribution in [2.75, 3.05) is 23.7 Å². The second kappa shape index (κ2) is 12.8. The highest BCUT2D eigenvalue weighted by Crippen LogP contribution is 2.37. The highest BCUT2D eigenvalue weighted by Gasteiger charge is 2.26. The maximum atomic E-state index is 14.0. The molecule has 2 heterocycles. The van der Waals surface area contributed by atoms with E-state index in [1.807, 2.05) is 18.7 Å². The normalized spacial score (nSPS) is 17.6. The maximum absolute atomic E-state index is 14.0. The average Bonchev–Trinajstić information content (AvgIpc) is 2.88. The minimum atomic E-state index is -0.796. The van der Waals surface area contributed by atoms with E-state index in [1.165, 1.54) is 17.0 Å². The van der Waals surface area contributed by atoms with E-state index in [0.29, 0.717) is 30.8 Å². The first kappa shape index (κ1) is 30.4. The molecule has 3 N–H and O–H groups in total. The highest BCUT2D eigenvalue weighted by atomic mass is 35.5. The Morgan fingerprint density at radius 2 is 1.82 bits per heavy atom.